The van der Waals surface area contributed by atoms with Crippen LogP contribution in [0.25, 0.3) is 0 Å². The zero-order valence-corrected chi connectivity index (χ0v) is 45.6. The number of hydrogen-bond donors (Lipinski definition) is 3. The van der Waals surface area contributed by atoms with Crippen molar-refractivity contribution < 1.29 is 48.7 Å². The van der Waals surface area contributed by atoms with Gasteiger partial charge in [-0.2, -0.15) is 0 Å². The number of carbonyl (C=O) groups excluding carboxylic acids is 3. The minimum absolute atomic E-state index is 0.0428. The molecule has 0 aromatic carbocycles. The van der Waals surface area contributed by atoms with Crippen molar-refractivity contribution in [3.63, 3.8) is 0 Å². The summed E-state index contributed by atoms with van der Waals surface area (Å²) < 4.78 is 22.5. The van der Waals surface area contributed by atoms with Crippen LogP contribution in [0.4, 0.5) is 0 Å². The molecule has 0 aliphatic heterocycles. The summed E-state index contributed by atoms with van der Waals surface area (Å²) in [5, 5.41) is 28.9. The quantitative estimate of drug-likeness (QED) is 0.0233. The van der Waals surface area contributed by atoms with Crippen molar-refractivity contribution in [2.24, 2.45) is 0 Å². The lowest BCUT2D eigenvalue weighted by atomic mass is 10.1. The summed E-state index contributed by atoms with van der Waals surface area (Å²) in [6, 6.07) is 0. The SMILES string of the molecule is CCCCCCCCC=CCCCCCCCC(=O)O[C@@H](CC=CCCCCCCCC(=O)OCC(COCC(O)CO)OC(=O)CCCCCCCC=CC[C@H](O)CCCCCC)CCCCCC. The normalized spacial score (nSPS) is 13.6. The topological polar surface area (TPSA) is 149 Å². The number of ether oxygens (including phenoxy) is 4. The van der Waals surface area contributed by atoms with E-state index in [0.29, 0.717) is 12.8 Å². The summed E-state index contributed by atoms with van der Waals surface area (Å²) in [7, 11) is 0. The van der Waals surface area contributed by atoms with Gasteiger partial charge in [0.1, 0.15) is 18.8 Å². The summed E-state index contributed by atoms with van der Waals surface area (Å²) in [6.07, 6.45) is 52.8. The number of rotatable bonds is 54. The average Bonchev–Trinajstić information content (AvgIpc) is 3.35. The van der Waals surface area contributed by atoms with Gasteiger partial charge in [-0.1, -0.05) is 192 Å². The molecule has 410 valence electrons. The van der Waals surface area contributed by atoms with Gasteiger partial charge >= 0.3 is 17.9 Å². The summed E-state index contributed by atoms with van der Waals surface area (Å²) in [5.74, 6) is -0.763. The van der Waals surface area contributed by atoms with E-state index in [2.05, 4.69) is 57.2 Å². The maximum absolute atomic E-state index is 12.7. The number of hydrogen-bond acceptors (Lipinski definition) is 10. The van der Waals surface area contributed by atoms with Crippen molar-refractivity contribution in [3.05, 3.63) is 36.5 Å². The third-order valence-electron chi connectivity index (χ3n) is 12.9. The fraction of sp³-hybridized carbons (Fsp3) is 0.850. The second-order valence-electron chi connectivity index (χ2n) is 20.0. The van der Waals surface area contributed by atoms with Crippen molar-refractivity contribution in [2.45, 2.75) is 302 Å². The maximum atomic E-state index is 12.7. The molecule has 0 fully saturated rings. The Morgan fingerprint density at radius 3 is 1.26 bits per heavy atom. The average molecular weight is 992 g/mol. The number of carbonyl (C=O) groups is 3. The zero-order valence-electron chi connectivity index (χ0n) is 45.6. The van der Waals surface area contributed by atoms with Crippen LogP contribution in [0.3, 0.4) is 0 Å². The Morgan fingerprint density at radius 1 is 0.386 bits per heavy atom. The second kappa shape index (κ2) is 54.2. The fourth-order valence-corrected chi connectivity index (χ4v) is 8.40. The van der Waals surface area contributed by atoms with Gasteiger partial charge in [0.15, 0.2) is 6.10 Å². The number of aliphatic hydroxyl groups excluding tert-OH is 3. The molecule has 2 unspecified atom stereocenters. The van der Waals surface area contributed by atoms with Crippen LogP contribution >= 0.6 is 0 Å². The lowest BCUT2D eigenvalue weighted by Crippen LogP contribution is -2.31. The van der Waals surface area contributed by atoms with Crippen molar-refractivity contribution in [1.82, 2.24) is 0 Å². The van der Waals surface area contributed by atoms with Crippen LogP contribution in [0, 0.1) is 0 Å². The Labute approximate surface area is 430 Å². The predicted molar refractivity (Wildman–Crippen MR) is 290 cm³/mol. The van der Waals surface area contributed by atoms with Gasteiger partial charge in [-0.15, -0.1) is 0 Å². The van der Waals surface area contributed by atoms with Crippen molar-refractivity contribution in [1.29, 1.82) is 0 Å². The first-order chi connectivity index (χ1) is 34.2. The Kier molecular flexibility index (Phi) is 52.3. The molecular formula is C60H110O10. The summed E-state index contributed by atoms with van der Waals surface area (Å²) in [5.41, 5.74) is 0. The van der Waals surface area contributed by atoms with Gasteiger partial charge in [0.25, 0.3) is 0 Å². The Hall–Kier alpha value is -2.53. The molecule has 10 heteroatoms. The molecule has 0 heterocycles. The summed E-state index contributed by atoms with van der Waals surface area (Å²) >= 11 is 0. The minimum atomic E-state index is -1.04. The summed E-state index contributed by atoms with van der Waals surface area (Å²) in [4.78, 5) is 37.9. The smallest absolute Gasteiger partial charge is 0.306 e. The van der Waals surface area contributed by atoms with Gasteiger partial charge in [-0.3, -0.25) is 14.4 Å². The molecule has 0 saturated heterocycles. The largest absolute Gasteiger partial charge is 0.462 e. The molecule has 0 aromatic heterocycles. The first kappa shape index (κ1) is 67.5. The van der Waals surface area contributed by atoms with E-state index < -0.39 is 18.8 Å². The lowest BCUT2D eigenvalue weighted by molar-refractivity contribution is -0.163. The van der Waals surface area contributed by atoms with E-state index in [9.17, 15) is 24.6 Å². The Bertz CT molecular complexity index is 1230. The van der Waals surface area contributed by atoms with Crippen LogP contribution in [0.5, 0.6) is 0 Å². The van der Waals surface area contributed by atoms with Crippen LogP contribution in [0.1, 0.15) is 278 Å². The van der Waals surface area contributed by atoms with Gasteiger partial charge in [0.2, 0.25) is 0 Å². The van der Waals surface area contributed by atoms with E-state index >= 15 is 0 Å². The van der Waals surface area contributed by atoms with Gasteiger partial charge in [-0.25, -0.2) is 0 Å². The first-order valence-electron chi connectivity index (χ1n) is 29.3. The van der Waals surface area contributed by atoms with Crippen LogP contribution in [0.15, 0.2) is 36.5 Å². The first-order valence-corrected chi connectivity index (χ1v) is 29.3. The minimum Gasteiger partial charge on any atom is -0.462 e. The molecule has 0 aliphatic carbocycles. The van der Waals surface area contributed by atoms with E-state index in [1.807, 2.05) is 0 Å². The number of unbranched alkanes of at least 4 members (excludes halogenated alkanes) is 27. The molecule has 0 aromatic rings. The predicted octanol–water partition coefficient (Wildman–Crippen LogP) is 15.4. The highest BCUT2D eigenvalue weighted by atomic mass is 16.6. The highest BCUT2D eigenvalue weighted by molar-refractivity contribution is 5.70. The van der Waals surface area contributed by atoms with Crippen LogP contribution in [0.2, 0.25) is 0 Å². The number of aliphatic hydroxyl groups is 3. The third-order valence-corrected chi connectivity index (χ3v) is 12.9. The molecule has 0 radical (unpaired) electrons. The molecule has 0 aliphatic rings. The molecule has 0 rings (SSSR count). The van der Waals surface area contributed by atoms with E-state index in [1.165, 1.54) is 109 Å². The molecule has 0 saturated carbocycles. The third kappa shape index (κ3) is 50.4. The standard InChI is InChI=1S/C60H110O10/c1-4-7-10-13-14-15-16-17-18-19-20-21-29-34-41-48-59(65)69-56(45-38-12-9-6-3)46-39-32-27-23-25-28-33-40-47-58(64)68-53-57(52-67-51-55(63)50-61)70-60(66)49-42-35-30-24-22-26-31-37-44-54(62)43-36-11-8-5-2/h17-18,31-32,37,39,54-57,61-63H,4-16,19-30,33-36,38,40-53H2,1-3H3/t54-,55?,56-,57?/m1/s1. The second-order valence-corrected chi connectivity index (χ2v) is 20.0. The molecule has 0 spiro atoms. The van der Waals surface area contributed by atoms with Crippen LogP contribution < -0.4 is 0 Å². The van der Waals surface area contributed by atoms with Gasteiger partial charge in [0, 0.05) is 25.7 Å². The molecular weight excluding hydrogens is 881 g/mol. The molecule has 10 nitrogen and oxygen atoms in total. The molecule has 4 atom stereocenters. The Balaban J connectivity index is 4.29. The van der Waals surface area contributed by atoms with E-state index in [4.69, 9.17) is 24.1 Å². The van der Waals surface area contributed by atoms with E-state index in [-0.39, 0.29) is 62.8 Å². The molecule has 3 N–H and O–H groups in total. The van der Waals surface area contributed by atoms with Crippen LogP contribution in [-0.4, -0.2) is 84.1 Å². The Morgan fingerprint density at radius 2 is 0.771 bits per heavy atom. The van der Waals surface area contributed by atoms with Gasteiger partial charge < -0.3 is 34.3 Å². The van der Waals surface area contributed by atoms with E-state index in [1.54, 1.807) is 0 Å². The maximum Gasteiger partial charge on any atom is 0.306 e. The fourth-order valence-electron chi connectivity index (χ4n) is 8.40. The molecule has 70 heavy (non-hydrogen) atoms. The highest BCUT2D eigenvalue weighted by Gasteiger charge is 2.19. The molecule has 0 amide bonds. The highest BCUT2D eigenvalue weighted by Crippen LogP contribution is 2.17. The summed E-state index contributed by atoms with van der Waals surface area (Å²) in [6.45, 7) is 5.96. The zero-order chi connectivity index (χ0) is 51.2. The molecule has 0 bridgehead atoms. The number of esters is 3. The van der Waals surface area contributed by atoms with Gasteiger partial charge in [-0.05, 0) is 96.3 Å². The monoisotopic (exact) mass is 991 g/mol. The van der Waals surface area contributed by atoms with Crippen LogP contribution in [-0.2, 0) is 33.3 Å². The lowest BCUT2D eigenvalue weighted by Gasteiger charge is -2.19. The van der Waals surface area contributed by atoms with Crippen molar-refractivity contribution >= 4 is 17.9 Å². The van der Waals surface area contributed by atoms with Gasteiger partial charge in [0.05, 0.1) is 25.9 Å². The van der Waals surface area contributed by atoms with E-state index in [0.717, 1.165) is 122 Å². The van der Waals surface area contributed by atoms with Crippen molar-refractivity contribution in [2.75, 3.05) is 26.4 Å². The number of allylic oxidation sites excluding steroid dienone is 4. The van der Waals surface area contributed by atoms with Crippen molar-refractivity contribution in [3.8, 4) is 0 Å².